The molecule has 0 fully saturated rings. The number of hydrogen-bond acceptors (Lipinski definition) is 5. The van der Waals surface area contributed by atoms with E-state index in [2.05, 4.69) is 0 Å². The number of aryl methyl sites for hydroxylation is 1. The van der Waals surface area contributed by atoms with Gasteiger partial charge < -0.3 is 9.47 Å². The molecule has 0 spiro atoms. The molecule has 0 saturated heterocycles. The fourth-order valence-electron chi connectivity index (χ4n) is 2.84. The second-order valence-corrected chi connectivity index (χ2v) is 9.33. The summed E-state index contributed by atoms with van der Waals surface area (Å²) in [5.74, 6) is 0.482. The third-order valence-corrected chi connectivity index (χ3v) is 6.35. The van der Waals surface area contributed by atoms with Gasteiger partial charge in [-0.05, 0) is 81.4 Å². The smallest absolute Gasteiger partial charge is 0.343 e. The van der Waals surface area contributed by atoms with E-state index in [0.717, 1.165) is 5.56 Å². The molecular weight excluding hydrogens is 414 g/mol. The van der Waals surface area contributed by atoms with Gasteiger partial charge in [0.25, 0.3) is 10.0 Å². The molecule has 3 aromatic carbocycles. The number of nitrogens with zero attached hydrogens (tertiary/aromatic N) is 1. The summed E-state index contributed by atoms with van der Waals surface area (Å²) in [5.41, 5.74) is 1.82. The molecule has 0 bridgehead atoms. The molecule has 0 N–H and O–H groups in total. The van der Waals surface area contributed by atoms with Crippen LogP contribution in [0.3, 0.4) is 0 Å². The Labute approximate surface area is 183 Å². The largest absolute Gasteiger partial charge is 0.491 e. The normalized spacial score (nSPS) is 11.3. The predicted molar refractivity (Wildman–Crippen MR) is 120 cm³/mol. The number of rotatable bonds is 7. The second-order valence-electron chi connectivity index (χ2n) is 7.36. The van der Waals surface area contributed by atoms with Crippen molar-refractivity contribution < 1.29 is 22.7 Å². The van der Waals surface area contributed by atoms with Crippen LogP contribution >= 0.6 is 0 Å². The zero-order valence-corrected chi connectivity index (χ0v) is 18.7. The van der Waals surface area contributed by atoms with Crippen molar-refractivity contribution >= 4 is 21.7 Å². The summed E-state index contributed by atoms with van der Waals surface area (Å²) in [5, 5.41) is 0. The van der Waals surface area contributed by atoms with E-state index in [1.54, 1.807) is 72.8 Å². The van der Waals surface area contributed by atoms with Gasteiger partial charge in [0.15, 0.2) is 0 Å². The summed E-state index contributed by atoms with van der Waals surface area (Å²) >= 11 is 0. The van der Waals surface area contributed by atoms with E-state index in [9.17, 15) is 13.2 Å². The summed E-state index contributed by atoms with van der Waals surface area (Å²) in [6.45, 7) is 5.75. The third kappa shape index (κ3) is 5.44. The van der Waals surface area contributed by atoms with Gasteiger partial charge in [0.1, 0.15) is 11.5 Å². The van der Waals surface area contributed by atoms with Crippen LogP contribution in [-0.2, 0) is 10.0 Å². The van der Waals surface area contributed by atoms with Crippen LogP contribution in [0.2, 0.25) is 0 Å². The van der Waals surface area contributed by atoms with E-state index in [0.29, 0.717) is 22.7 Å². The third-order valence-electron chi connectivity index (χ3n) is 4.55. The minimum Gasteiger partial charge on any atom is -0.491 e. The molecule has 0 amide bonds. The van der Waals surface area contributed by atoms with Gasteiger partial charge in [0, 0.05) is 7.05 Å². The highest BCUT2D eigenvalue weighted by Gasteiger charge is 2.21. The van der Waals surface area contributed by atoms with Crippen molar-refractivity contribution in [3.63, 3.8) is 0 Å². The lowest BCUT2D eigenvalue weighted by Crippen LogP contribution is -2.26. The van der Waals surface area contributed by atoms with Gasteiger partial charge in [-0.2, -0.15) is 0 Å². The second kappa shape index (κ2) is 9.22. The highest BCUT2D eigenvalue weighted by Crippen LogP contribution is 2.25. The summed E-state index contributed by atoms with van der Waals surface area (Å²) in [6, 6.07) is 19.7. The Morgan fingerprint density at radius 1 is 0.839 bits per heavy atom. The Hall–Kier alpha value is -3.32. The maximum atomic E-state index is 12.8. The van der Waals surface area contributed by atoms with Crippen LogP contribution in [0.1, 0.15) is 29.8 Å². The first-order valence-corrected chi connectivity index (χ1v) is 11.3. The molecule has 6 nitrogen and oxygen atoms in total. The average Bonchev–Trinajstić information content (AvgIpc) is 2.74. The number of ether oxygens (including phenoxy) is 2. The van der Waals surface area contributed by atoms with Crippen LogP contribution in [0.25, 0.3) is 0 Å². The lowest BCUT2D eigenvalue weighted by atomic mass is 10.2. The fraction of sp³-hybridized carbons (Fsp3) is 0.208. The molecule has 0 atom stereocenters. The van der Waals surface area contributed by atoms with Crippen LogP contribution in [0, 0.1) is 6.92 Å². The van der Waals surface area contributed by atoms with Crippen LogP contribution in [0.15, 0.2) is 77.7 Å². The first kappa shape index (κ1) is 22.4. The molecule has 162 valence electrons. The lowest BCUT2D eigenvalue weighted by Gasteiger charge is -2.20. The monoisotopic (exact) mass is 439 g/mol. The topological polar surface area (TPSA) is 72.9 Å². The molecule has 0 aliphatic heterocycles. The minimum atomic E-state index is -3.69. The molecule has 7 heteroatoms. The maximum Gasteiger partial charge on any atom is 0.343 e. The maximum absolute atomic E-state index is 12.8. The van der Waals surface area contributed by atoms with Crippen LogP contribution in [0.4, 0.5) is 5.69 Å². The Morgan fingerprint density at radius 3 is 1.94 bits per heavy atom. The van der Waals surface area contributed by atoms with Gasteiger partial charge in [-0.3, -0.25) is 4.31 Å². The van der Waals surface area contributed by atoms with E-state index >= 15 is 0 Å². The molecule has 3 rings (SSSR count). The van der Waals surface area contributed by atoms with E-state index < -0.39 is 16.0 Å². The van der Waals surface area contributed by atoms with Crippen molar-refractivity contribution in [2.75, 3.05) is 11.4 Å². The van der Waals surface area contributed by atoms with Crippen LogP contribution in [0.5, 0.6) is 11.5 Å². The van der Waals surface area contributed by atoms with Gasteiger partial charge in [-0.25, -0.2) is 13.2 Å². The number of sulfonamides is 1. The summed E-state index contributed by atoms with van der Waals surface area (Å²) < 4.78 is 37.8. The molecule has 3 aromatic rings. The van der Waals surface area contributed by atoms with Crippen molar-refractivity contribution in [1.29, 1.82) is 0 Å². The number of carbonyl (C=O) groups excluding carboxylic acids is 1. The van der Waals surface area contributed by atoms with E-state index in [1.807, 2.05) is 20.8 Å². The molecule has 0 saturated carbocycles. The molecular formula is C24H25NO5S. The lowest BCUT2D eigenvalue weighted by molar-refractivity contribution is 0.0734. The van der Waals surface area contributed by atoms with E-state index in [4.69, 9.17) is 9.47 Å². The molecule has 0 aliphatic carbocycles. The Bertz CT molecular complexity index is 1140. The van der Waals surface area contributed by atoms with Crippen molar-refractivity contribution in [1.82, 2.24) is 0 Å². The predicted octanol–water partition coefficient (Wildman–Crippen LogP) is 4.83. The summed E-state index contributed by atoms with van der Waals surface area (Å²) in [6.07, 6.45) is 0.0456. The zero-order valence-electron chi connectivity index (χ0n) is 17.9. The number of benzene rings is 3. The van der Waals surface area contributed by atoms with Gasteiger partial charge >= 0.3 is 5.97 Å². The molecule has 0 aromatic heterocycles. The number of carbonyl (C=O) groups is 1. The van der Waals surface area contributed by atoms with Crippen molar-refractivity contribution in [3.05, 3.63) is 83.9 Å². The molecule has 0 unspecified atom stereocenters. The van der Waals surface area contributed by atoms with Crippen LogP contribution in [-0.4, -0.2) is 27.5 Å². The quantitative estimate of drug-likeness (QED) is 0.390. The standard InChI is InChI=1S/C24H25NO5S/c1-17(2)29-21-11-7-19(8-12-21)24(26)30-22-13-9-20(10-14-22)25(4)31(27,28)23-15-5-18(3)6-16-23/h5-17H,1-4H3. The van der Waals surface area contributed by atoms with E-state index in [1.165, 1.54) is 11.4 Å². The average molecular weight is 440 g/mol. The summed E-state index contributed by atoms with van der Waals surface area (Å²) in [4.78, 5) is 12.6. The highest BCUT2D eigenvalue weighted by molar-refractivity contribution is 7.92. The Morgan fingerprint density at radius 2 is 1.39 bits per heavy atom. The van der Waals surface area contributed by atoms with Gasteiger partial charge in [0.2, 0.25) is 0 Å². The van der Waals surface area contributed by atoms with Gasteiger partial charge in [-0.1, -0.05) is 17.7 Å². The summed E-state index contributed by atoms with van der Waals surface area (Å²) in [7, 11) is -2.20. The molecule has 0 radical (unpaired) electrons. The highest BCUT2D eigenvalue weighted by atomic mass is 32.2. The number of hydrogen-bond donors (Lipinski definition) is 0. The molecule has 0 aliphatic rings. The van der Waals surface area contributed by atoms with Crippen molar-refractivity contribution in [3.8, 4) is 11.5 Å². The van der Waals surface area contributed by atoms with Crippen LogP contribution < -0.4 is 13.8 Å². The number of anilines is 1. The Kier molecular flexibility index (Phi) is 6.65. The number of esters is 1. The SMILES string of the molecule is Cc1ccc(S(=O)(=O)N(C)c2ccc(OC(=O)c3ccc(OC(C)C)cc3)cc2)cc1. The Balaban J connectivity index is 1.69. The fourth-order valence-corrected chi connectivity index (χ4v) is 4.03. The minimum absolute atomic E-state index is 0.0456. The van der Waals surface area contributed by atoms with Gasteiger partial charge in [0.05, 0.1) is 22.3 Å². The molecule has 31 heavy (non-hydrogen) atoms. The van der Waals surface area contributed by atoms with Crippen molar-refractivity contribution in [2.24, 2.45) is 0 Å². The first-order chi connectivity index (χ1) is 14.7. The zero-order chi connectivity index (χ0) is 22.6. The molecule has 0 heterocycles. The van der Waals surface area contributed by atoms with Crippen molar-refractivity contribution in [2.45, 2.75) is 31.8 Å². The van der Waals surface area contributed by atoms with Gasteiger partial charge in [-0.15, -0.1) is 0 Å². The van der Waals surface area contributed by atoms with E-state index in [-0.39, 0.29) is 11.0 Å². The first-order valence-electron chi connectivity index (χ1n) is 9.81.